The number of carbonyl (C=O) groups is 3. The molecule has 0 radical (unpaired) electrons. The zero-order valence-electron chi connectivity index (χ0n) is 36.3. The van der Waals surface area contributed by atoms with Gasteiger partial charge in [-0.25, -0.2) is 4.79 Å². The molecule has 0 bridgehead atoms. The molecule has 0 aliphatic rings. The molecule has 0 saturated heterocycles. The molecule has 0 aliphatic heterocycles. The third kappa shape index (κ3) is 15.9. The molecule has 1 aromatic heterocycles. The van der Waals surface area contributed by atoms with Gasteiger partial charge < -0.3 is 44.0 Å². The van der Waals surface area contributed by atoms with Gasteiger partial charge in [-0.2, -0.15) is 13.2 Å². The summed E-state index contributed by atoms with van der Waals surface area (Å²) in [6.07, 6.45) is -4.00. The highest BCUT2D eigenvalue weighted by atomic mass is 19.4. The monoisotopic (exact) mass is 917 g/mol. The fourth-order valence-electron chi connectivity index (χ4n) is 6.29. The van der Waals surface area contributed by atoms with Crippen LogP contribution in [0.5, 0.6) is 5.75 Å². The lowest BCUT2D eigenvalue weighted by molar-refractivity contribution is -0.384. The normalized spacial score (nSPS) is 11.2. The molecule has 2 N–H and O–H groups in total. The van der Waals surface area contributed by atoms with Crippen molar-refractivity contribution in [1.29, 1.82) is 0 Å². The number of alkyl halides is 3. The molecule has 350 valence electrons. The molecule has 0 fully saturated rings. The zero-order valence-corrected chi connectivity index (χ0v) is 36.3. The van der Waals surface area contributed by atoms with Gasteiger partial charge in [0.15, 0.2) is 0 Å². The molecule has 19 heteroatoms. The third-order valence-corrected chi connectivity index (χ3v) is 9.66. The van der Waals surface area contributed by atoms with Gasteiger partial charge in [0.2, 0.25) is 0 Å². The number of hydrogen-bond donors (Lipinski definition) is 2. The predicted octanol–water partition coefficient (Wildman–Crippen LogP) is 8.49. The maximum atomic E-state index is 13.7. The second kappa shape index (κ2) is 25.5. The number of amides is 2. The number of benzene rings is 4. The second-order valence-corrected chi connectivity index (χ2v) is 14.2. The lowest BCUT2D eigenvalue weighted by Gasteiger charge is -2.23. The van der Waals surface area contributed by atoms with Crippen molar-refractivity contribution >= 4 is 35.0 Å². The first kappa shape index (κ1) is 50.1. The van der Waals surface area contributed by atoms with E-state index in [1.807, 2.05) is 32.0 Å². The molecule has 2 amide bonds. The van der Waals surface area contributed by atoms with Crippen LogP contribution in [0.4, 0.5) is 35.0 Å². The van der Waals surface area contributed by atoms with E-state index in [4.69, 9.17) is 28.4 Å². The molecule has 66 heavy (non-hydrogen) atoms. The average molecular weight is 918 g/mol. The van der Waals surface area contributed by atoms with Crippen LogP contribution < -0.4 is 20.3 Å². The van der Waals surface area contributed by atoms with Gasteiger partial charge in [0.1, 0.15) is 12.4 Å². The van der Waals surface area contributed by atoms with Crippen LogP contribution in [0.1, 0.15) is 51.3 Å². The number of anilines is 2. The van der Waals surface area contributed by atoms with Crippen molar-refractivity contribution in [3.63, 3.8) is 0 Å². The smallest absolute Gasteiger partial charge is 0.432 e. The molecular formula is C47H50F3N5O11. The maximum Gasteiger partial charge on any atom is 0.513 e. The molecule has 4 aromatic carbocycles. The molecule has 5 rings (SSSR count). The van der Waals surface area contributed by atoms with E-state index in [1.54, 1.807) is 30.3 Å². The Morgan fingerprint density at radius 2 is 1.35 bits per heavy atom. The van der Waals surface area contributed by atoms with E-state index in [-0.39, 0.29) is 55.9 Å². The van der Waals surface area contributed by atoms with Crippen molar-refractivity contribution in [2.45, 2.75) is 33.2 Å². The lowest BCUT2D eigenvalue weighted by atomic mass is 10.0. The van der Waals surface area contributed by atoms with Crippen molar-refractivity contribution in [2.75, 3.05) is 76.2 Å². The van der Waals surface area contributed by atoms with Crippen LogP contribution in [0.25, 0.3) is 11.3 Å². The Hall–Kier alpha value is -6.93. The summed E-state index contributed by atoms with van der Waals surface area (Å²) >= 11 is 0. The summed E-state index contributed by atoms with van der Waals surface area (Å²) in [5, 5.41) is 16.4. The molecule has 0 saturated carbocycles. The van der Waals surface area contributed by atoms with Gasteiger partial charge in [-0.3, -0.25) is 24.7 Å². The average Bonchev–Trinajstić information content (AvgIpc) is 3.31. The van der Waals surface area contributed by atoms with E-state index in [0.717, 1.165) is 36.5 Å². The van der Waals surface area contributed by atoms with Gasteiger partial charge in [0.05, 0.1) is 74.7 Å². The van der Waals surface area contributed by atoms with Gasteiger partial charge in [-0.05, 0) is 91.7 Å². The van der Waals surface area contributed by atoms with Crippen LogP contribution >= 0.6 is 0 Å². The molecule has 16 nitrogen and oxygen atoms in total. The van der Waals surface area contributed by atoms with Crippen molar-refractivity contribution in [2.24, 2.45) is 0 Å². The molecule has 5 aromatic rings. The fraction of sp³-hybridized carbons (Fsp3) is 0.319. The van der Waals surface area contributed by atoms with Crippen LogP contribution in [0, 0.1) is 10.1 Å². The molecule has 0 unspecified atom stereocenters. The SMILES string of the molecule is CCN(CC)c1ccc(NC(=O)c2cccc(COCCOCCOCCOCCOC(=O)Oc3ccc([N+](=O)[O-])cc3)c2)c(-c2cc(C(=O)NCc3cccc(C(F)(F)F)c3)ccn2)c1. The summed E-state index contributed by atoms with van der Waals surface area (Å²) in [5.41, 5.74) is 3.04. The first-order valence-corrected chi connectivity index (χ1v) is 20.9. The number of nitro groups is 1. The van der Waals surface area contributed by atoms with Crippen LogP contribution in [-0.4, -0.2) is 93.8 Å². The Morgan fingerprint density at radius 3 is 2.02 bits per heavy atom. The van der Waals surface area contributed by atoms with Gasteiger partial charge >= 0.3 is 12.3 Å². The first-order chi connectivity index (χ1) is 31.8. The largest absolute Gasteiger partial charge is 0.513 e. The number of nitro benzene ring substituents is 1. The minimum Gasteiger partial charge on any atom is -0.432 e. The number of pyridine rings is 1. The molecular weight excluding hydrogens is 868 g/mol. The maximum absolute atomic E-state index is 13.7. The topological polar surface area (TPSA) is 190 Å². The van der Waals surface area contributed by atoms with Crippen molar-refractivity contribution < 1.29 is 60.9 Å². The van der Waals surface area contributed by atoms with Crippen LogP contribution in [-0.2, 0) is 43.0 Å². The molecule has 0 spiro atoms. The van der Waals surface area contributed by atoms with Crippen LogP contribution in [0.3, 0.4) is 0 Å². The molecule has 0 atom stereocenters. The number of aromatic nitrogens is 1. The second-order valence-electron chi connectivity index (χ2n) is 14.2. The van der Waals surface area contributed by atoms with Crippen LogP contribution in [0.2, 0.25) is 0 Å². The van der Waals surface area contributed by atoms with Crippen LogP contribution in [0.15, 0.2) is 109 Å². The summed E-state index contributed by atoms with van der Waals surface area (Å²) in [6, 6.07) is 25.4. The summed E-state index contributed by atoms with van der Waals surface area (Å²) in [4.78, 5) is 55.4. The fourth-order valence-corrected chi connectivity index (χ4v) is 6.29. The van der Waals surface area contributed by atoms with E-state index in [1.165, 1.54) is 48.7 Å². The minimum atomic E-state index is -4.51. The van der Waals surface area contributed by atoms with E-state index in [0.29, 0.717) is 61.1 Å². The summed E-state index contributed by atoms with van der Waals surface area (Å²) < 4.78 is 71.7. The van der Waals surface area contributed by atoms with E-state index in [2.05, 4.69) is 20.5 Å². The zero-order chi connectivity index (χ0) is 47.3. The Labute approximate surface area is 379 Å². The highest BCUT2D eigenvalue weighted by molar-refractivity contribution is 6.06. The summed E-state index contributed by atoms with van der Waals surface area (Å²) in [6.45, 7) is 7.46. The number of nitrogens with one attached hydrogen (secondary N) is 2. The Balaban J connectivity index is 1.03. The van der Waals surface area contributed by atoms with Gasteiger partial charge in [-0.1, -0.05) is 24.3 Å². The number of nitrogens with zero attached hydrogens (tertiary/aromatic N) is 3. The number of non-ortho nitro benzene ring substituents is 1. The van der Waals surface area contributed by atoms with E-state index >= 15 is 0 Å². The van der Waals surface area contributed by atoms with E-state index in [9.17, 15) is 37.7 Å². The highest BCUT2D eigenvalue weighted by Crippen LogP contribution is 2.33. The quantitative estimate of drug-likeness (QED) is 0.0187. The standard InChI is InChI=1S/C47H50F3N5O11/c1-3-54(4-2)39-13-16-42(41(30-39)43-29-36(17-18-51-43)44(56)52-31-33-7-6-10-37(28-33)47(48,49)50)53-45(57)35-9-5-8-34(27-35)32-64-24-23-62-20-19-61-21-22-63-25-26-65-46(58)66-40-14-11-38(12-15-40)55(59)60/h5-18,27-30H,3-4,19-26,31-32H2,1-2H3,(H,52,56)(H,53,57). The van der Waals surface area contributed by atoms with Gasteiger partial charge in [-0.15, -0.1) is 0 Å². The Kier molecular flexibility index (Phi) is 19.4. The number of hydrogen-bond acceptors (Lipinski definition) is 13. The van der Waals surface area contributed by atoms with Crippen molar-refractivity contribution in [1.82, 2.24) is 10.3 Å². The lowest BCUT2D eigenvalue weighted by Crippen LogP contribution is -2.23. The predicted molar refractivity (Wildman–Crippen MR) is 237 cm³/mol. The number of carbonyl (C=O) groups excluding carboxylic acids is 3. The van der Waals surface area contributed by atoms with Gasteiger partial charge in [0, 0.05) is 60.3 Å². The number of ether oxygens (including phenoxy) is 6. The third-order valence-electron chi connectivity index (χ3n) is 9.66. The number of halogens is 3. The van der Waals surface area contributed by atoms with Crippen molar-refractivity contribution in [3.05, 3.63) is 147 Å². The summed E-state index contributed by atoms with van der Waals surface area (Å²) in [7, 11) is 0. The van der Waals surface area contributed by atoms with Crippen molar-refractivity contribution in [3.8, 4) is 17.0 Å². The summed E-state index contributed by atoms with van der Waals surface area (Å²) in [5.74, 6) is -0.776. The Bertz CT molecular complexity index is 2380. The molecule has 1 heterocycles. The van der Waals surface area contributed by atoms with Gasteiger partial charge in [0.25, 0.3) is 17.5 Å². The molecule has 0 aliphatic carbocycles. The Morgan fingerprint density at radius 1 is 0.712 bits per heavy atom. The minimum absolute atomic E-state index is 0.0550. The highest BCUT2D eigenvalue weighted by Gasteiger charge is 2.30. The number of rotatable bonds is 25. The first-order valence-electron chi connectivity index (χ1n) is 20.9. The van der Waals surface area contributed by atoms with E-state index < -0.39 is 28.7 Å².